The number of carbonyl (C=O) groups excluding carboxylic acids is 1. The third-order valence-electron chi connectivity index (χ3n) is 7.25. The molecule has 0 aliphatic heterocycles. The van der Waals surface area contributed by atoms with Crippen molar-refractivity contribution in [3.8, 4) is 0 Å². The summed E-state index contributed by atoms with van der Waals surface area (Å²) in [4.78, 5) is 12.3. The molecule has 0 spiro atoms. The standard InChI is InChI=1S/C21H29F7O2/c1-10-2-4-11(5-3-10)12-6-14(22)18(15(23)7-12)20(29)30-13-8-16(24)19(17(25)9-13)21(26,27)28/h10-19H,2-9H2,1H3. The van der Waals surface area contributed by atoms with Crippen molar-refractivity contribution in [1.29, 1.82) is 0 Å². The van der Waals surface area contributed by atoms with E-state index in [2.05, 4.69) is 6.92 Å². The monoisotopic (exact) mass is 446 g/mol. The van der Waals surface area contributed by atoms with Crippen molar-refractivity contribution < 1.29 is 40.3 Å². The molecule has 3 fully saturated rings. The summed E-state index contributed by atoms with van der Waals surface area (Å²) < 4.78 is 100. The number of ether oxygens (including phenoxy) is 1. The number of esters is 1. The molecule has 3 rings (SSSR count). The van der Waals surface area contributed by atoms with Crippen LogP contribution in [0.2, 0.25) is 0 Å². The molecule has 0 heterocycles. The van der Waals surface area contributed by atoms with Gasteiger partial charge in [-0.2, -0.15) is 13.2 Å². The highest BCUT2D eigenvalue weighted by Crippen LogP contribution is 2.45. The van der Waals surface area contributed by atoms with Crippen molar-refractivity contribution in [3.63, 3.8) is 0 Å². The molecule has 0 N–H and O–H groups in total. The molecule has 0 aromatic carbocycles. The zero-order valence-electron chi connectivity index (χ0n) is 16.9. The van der Waals surface area contributed by atoms with Gasteiger partial charge < -0.3 is 4.74 Å². The van der Waals surface area contributed by atoms with Crippen molar-refractivity contribution in [2.75, 3.05) is 0 Å². The number of hydrogen-bond donors (Lipinski definition) is 0. The summed E-state index contributed by atoms with van der Waals surface area (Å²) >= 11 is 0. The number of carbonyl (C=O) groups is 1. The van der Waals surface area contributed by atoms with Crippen molar-refractivity contribution in [2.45, 2.75) is 95.3 Å². The van der Waals surface area contributed by atoms with Crippen LogP contribution in [0.1, 0.15) is 58.3 Å². The molecule has 0 aromatic heterocycles. The molecule has 4 unspecified atom stereocenters. The van der Waals surface area contributed by atoms with E-state index in [0.29, 0.717) is 5.92 Å². The Labute approximate surface area is 171 Å². The average Bonchev–Trinajstić information content (AvgIpc) is 2.59. The van der Waals surface area contributed by atoms with E-state index in [1.54, 1.807) is 0 Å². The Morgan fingerprint density at radius 2 is 1.27 bits per heavy atom. The van der Waals surface area contributed by atoms with Gasteiger partial charge >= 0.3 is 12.1 Å². The van der Waals surface area contributed by atoms with Crippen LogP contribution in [0.5, 0.6) is 0 Å². The van der Waals surface area contributed by atoms with Gasteiger partial charge in [-0.05, 0) is 43.4 Å². The second kappa shape index (κ2) is 9.23. The summed E-state index contributed by atoms with van der Waals surface area (Å²) in [6.07, 6.45) is -13.0. The molecule has 4 atom stereocenters. The van der Waals surface area contributed by atoms with E-state index in [1.807, 2.05) is 0 Å². The van der Waals surface area contributed by atoms with Crippen LogP contribution in [0.3, 0.4) is 0 Å². The normalized spacial score (nSPS) is 45.7. The summed E-state index contributed by atoms with van der Waals surface area (Å²) in [5.41, 5.74) is 0. The molecule has 174 valence electrons. The molecule has 0 amide bonds. The van der Waals surface area contributed by atoms with Crippen LogP contribution < -0.4 is 0 Å². The minimum atomic E-state index is -5.04. The maximum Gasteiger partial charge on any atom is 0.397 e. The fraction of sp³-hybridized carbons (Fsp3) is 0.952. The van der Waals surface area contributed by atoms with Crippen LogP contribution in [-0.4, -0.2) is 42.9 Å². The highest BCUT2D eigenvalue weighted by Gasteiger charge is 2.55. The number of halogens is 7. The summed E-state index contributed by atoms with van der Waals surface area (Å²) in [7, 11) is 0. The number of rotatable bonds is 3. The lowest BCUT2D eigenvalue weighted by molar-refractivity contribution is -0.224. The highest BCUT2D eigenvalue weighted by atomic mass is 19.4. The van der Waals surface area contributed by atoms with Gasteiger partial charge in [-0.15, -0.1) is 0 Å². The first kappa shape index (κ1) is 23.6. The molecule has 0 radical (unpaired) electrons. The Balaban J connectivity index is 1.56. The van der Waals surface area contributed by atoms with Crippen LogP contribution >= 0.6 is 0 Å². The lowest BCUT2D eigenvalue weighted by Gasteiger charge is -2.40. The Morgan fingerprint density at radius 1 is 0.767 bits per heavy atom. The van der Waals surface area contributed by atoms with Crippen LogP contribution in [0.15, 0.2) is 0 Å². The van der Waals surface area contributed by atoms with Crippen molar-refractivity contribution in [2.24, 2.45) is 29.6 Å². The van der Waals surface area contributed by atoms with E-state index in [4.69, 9.17) is 4.74 Å². The van der Waals surface area contributed by atoms with E-state index >= 15 is 0 Å². The Kier molecular flexibility index (Phi) is 7.27. The van der Waals surface area contributed by atoms with Crippen molar-refractivity contribution in [3.05, 3.63) is 0 Å². The smallest absolute Gasteiger partial charge is 0.397 e. The van der Waals surface area contributed by atoms with E-state index in [9.17, 15) is 35.5 Å². The SMILES string of the molecule is CC1CCC(C2CC(F)C(C(=O)OC3CC(F)C(C(F)(F)F)C(F)C3)C(F)C2)CC1. The molecular formula is C21H29F7O2. The first-order valence-electron chi connectivity index (χ1n) is 10.8. The third-order valence-corrected chi connectivity index (χ3v) is 7.25. The Morgan fingerprint density at radius 3 is 1.73 bits per heavy atom. The third kappa shape index (κ3) is 5.23. The van der Waals surface area contributed by atoms with E-state index in [-0.39, 0.29) is 24.7 Å². The van der Waals surface area contributed by atoms with Gasteiger partial charge in [-0.3, -0.25) is 4.79 Å². The Hall–Kier alpha value is -1.02. The summed E-state index contributed by atoms with van der Waals surface area (Å²) in [5.74, 6) is -5.07. The molecule has 3 saturated carbocycles. The summed E-state index contributed by atoms with van der Waals surface area (Å²) in [5, 5.41) is 0. The first-order valence-corrected chi connectivity index (χ1v) is 10.8. The van der Waals surface area contributed by atoms with Gasteiger partial charge in [-0.25, -0.2) is 17.6 Å². The van der Waals surface area contributed by atoms with E-state index in [1.165, 1.54) is 0 Å². The van der Waals surface area contributed by atoms with Gasteiger partial charge in [0, 0.05) is 12.8 Å². The summed E-state index contributed by atoms with van der Waals surface area (Å²) in [6, 6.07) is 0. The maximum atomic E-state index is 14.7. The highest BCUT2D eigenvalue weighted by molar-refractivity contribution is 5.74. The molecule has 0 saturated heterocycles. The predicted octanol–water partition coefficient (Wildman–Crippen LogP) is 6.08. The first-order chi connectivity index (χ1) is 14.0. The topological polar surface area (TPSA) is 26.3 Å². The maximum absolute atomic E-state index is 14.7. The van der Waals surface area contributed by atoms with Crippen molar-refractivity contribution in [1.82, 2.24) is 0 Å². The lowest BCUT2D eigenvalue weighted by atomic mass is 9.68. The molecule has 0 bridgehead atoms. The second-order valence-electron chi connectivity index (χ2n) is 9.44. The van der Waals surface area contributed by atoms with Crippen LogP contribution in [0, 0.1) is 29.6 Å². The number of alkyl halides is 7. The van der Waals surface area contributed by atoms with E-state index < -0.39 is 67.6 Å². The quantitative estimate of drug-likeness (QED) is 0.388. The number of hydrogen-bond acceptors (Lipinski definition) is 2. The predicted molar refractivity (Wildman–Crippen MR) is 95.6 cm³/mol. The minimum absolute atomic E-state index is 0.0253. The molecule has 3 aliphatic carbocycles. The van der Waals surface area contributed by atoms with Gasteiger partial charge in [0.15, 0.2) is 0 Å². The van der Waals surface area contributed by atoms with Crippen LogP contribution in [0.4, 0.5) is 30.7 Å². The largest absolute Gasteiger partial charge is 0.462 e. The fourth-order valence-electron chi connectivity index (χ4n) is 5.50. The Bertz CT molecular complexity index is 566. The van der Waals surface area contributed by atoms with Gasteiger partial charge in [0.1, 0.15) is 42.6 Å². The fourth-order valence-corrected chi connectivity index (χ4v) is 5.50. The van der Waals surface area contributed by atoms with Gasteiger partial charge in [0.25, 0.3) is 0 Å². The van der Waals surface area contributed by atoms with Gasteiger partial charge in [0.05, 0.1) is 0 Å². The molecule has 0 aromatic rings. The minimum Gasteiger partial charge on any atom is -0.462 e. The zero-order chi connectivity index (χ0) is 22.2. The second-order valence-corrected chi connectivity index (χ2v) is 9.44. The van der Waals surface area contributed by atoms with Gasteiger partial charge in [-0.1, -0.05) is 19.8 Å². The molecule has 30 heavy (non-hydrogen) atoms. The molecular weight excluding hydrogens is 417 g/mol. The molecule has 9 heteroatoms. The van der Waals surface area contributed by atoms with Crippen LogP contribution in [0.25, 0.3) is 0 Å². The average molecular weight is 446 g/mol. The molecule has 2 nitrogen and oxygen atoms in total. The van der Waals surface area contributed by atoms with Crippen molar-refractivity contribution >= 4 is 5.97 Å². The van der Waals surface area contributed by atoms with E-state index in [0.717, 1.165) is 25.7 Å². The zero-order valence-corrected chi connectivity index (χ0v) is 16.9. The summed E-state index contributed by atoms with van der Waals surface area (Å²) in [6.45, 7) is 2.14. The van der Waals surface area contributed by atoms with Crippen LogP contribution in [-0.2, 0) is 9.53 Å². The molecule has 3 aliphatic rings. The van der Waals surface area contributed by atoms with Gasteiger partial charge in [0.2, 0.25) is 0 Å². The lowest BCUT2D eigenvalue weighted by Crippen LogP contribution is -2.49.